The smallest absolute Gasteiger partial charge is 0.349 e. The zero-order valence-electron chi connectivity index (χ0n) is 19.0. The second-order valence-corrected chi connectivity index (χ2v) is 8.62. The summed E-state index contributed by atoms with van der Waals surface area (Å²) in [6.07, 6.45) is 5.92. The minimum atomic E-state index is -0.897. The molecule has 164 valence electrons. The van der Waals surface area contributed by atoms with Crippen molar-refractivity contribution in [1.29, 1.82) is 5.26 Å². The maximum absolute atomic E-state index is 12.6. The van der Waals surface area contributed by atoms with Crippen LogP contribution in [-0.4, -0.2) is 40.5 Å². The van der Waals surface area contributed by atoms with Gasteiger partial charge in [0.25, 0.3) is 5.91 Å². The predicted octanol–water partition coefficient (Wildman–Crippen LogP) is 4.39. The number of likely N-dealkylation sites (tertiary alicyclic amines) is 1. The van der Waals surface area contributed by atoms with Gasteiger partial charge in [-0.05, 0) is 63.7 Å². The van der Waals surface area contributed by atoms with E-state index in [1.807, 2.05) is 26.0 Å². The minimum absolute atomic E-state index is 0.0883. The van der Waals surface area contributed by atoms with Gasteiger partial charge in [-0.15, -0.1) is 0 Å². The highest BCUT2D eigenvalue weighted by Gasteiger charge is 2.26. The van der Waals surface area contributed by atoms with Gasteiger partial charge in [-0.3, -0.25) is 4.79 Å². The minimum Gasteiger partial charge on any atom is -0.448 e. The lowest BCUT2D eigenvalue weighted by Crippen LogP contribution is -2.40. The number of hydrogen-bond acceptors (Lipinski definition) is 4. The molecule has 0 spiro atoms. The second-order valence-electron chi connectivity index (χ2n) is 8.62. The van der Waals surface area contributed by atoms with Crippen molar-refractivity contribution in [3.8, 4) is 6.07 Å². The molecule has 1 aromatic rings. The SMILES string of the molecule is Cc1cc(/C=C(\C#N)C(=O)O[C@H](C)C(=O)N2CCCCCC2)c(C)n1CCC(C)C. The Bertz CT molecular complexity index is 821. The van der Waals surface area contributed by atoms with Crippen LogP contribution in [0.25, 0.3) is 6.08 Å². The van der Waals surface area contributed by atoms with Crippen LogP contribution in [0.15, 0.2) is 11.6 Å². The third-order valence-corrected chi connectivity index (χ3v) is 5.73. The zero-order chi connectivity index (χ0) is 22.3. The van der Waals surface area contributed by atoms with Crippen molar-refractivity contribution in [2.75, 3.05) is 13.1 Å². The van der Waals surface area contributed by atoms with Gasteiger partial charge in [0.1, 0.15) is 11.6 Å². The largest absolute Gasteiger partial charge is 0.448 e. The van der Waals surface area contributed by atoms with E-state index in [0.717, 1.165) is 55.6 Å². The van der Waals surface area contributed by atoms with Crippen LogP contribution >= 0.6 is 0 Å². The van der Waals surface area contributed by atoms with Gasteiger partial charge in [-0.1, -0.05) is 26.7 Å². The lowest BCUT2D eigenvalue weighted by atomic mass is 10.1. The highest BCUT2D eigenvalue weighted by atomic mass is 16.5. The Morgan fingerprint density at radius 1 is 1.17 bits per heavy atom. The molecule has 1 fully saturated rings. The van der Waals surface area contributed by atoms with E-state index < -0.39 is 12.1 Å². The van der Waals surface area contributed by atoms with E-state index in [-0.39, 0.29) is 11.5 Å². The summed E-state index contributed by atoms with van der Waals surface area (Å²) in [4.78, 5) is 27.0. The summed E-state index contributed by atoms with van der Waals surface area (Å²) in [6.45, 7) is 12.3. The van der Waals surface area contributed by atoms with Crippen molar-refractivity contribution < 1.29 is 14.3 Å². The fraction of sp³-hybridized carbons (Fsp3) is 0.625. The lowest BCUT2D eigenvalue weighted by Gasteiger charge is -2.23. The van der Waals surface area contributed by atoms with Crippen molar-refractivity contribution in [1.82, 2.24) is 9.47 Å². The van der Waals surface area contributed by atoms with Gasteiger partial charge in [0.05, 0.1) is 0 Å². The van der Waals surface area contributed by atoms with Crippen LogP contribution in [0.3, 0.4) is 0 Å². The summed E-state index contributed by atoms with van der Waals surface area (Å²) in [5.41, 5.74) is 2.85. The Morgan fingerprint density at radius 3 is 2.37 bits per heavy atom. The number of carbonyl (C=O) groups excluding carboxylic acids is 2. The molecule has 1 aliphatic rings. The number of esters is 1. The molecule has 0 bridgehead atoms. The number of ether oxygens (including phenoxy) is 1. The van der Waals surface area contributed by atoms with Gasteiger partial charge in [-0.25, -0.2) is 4.79 Å². The number of aromatic nitrogens is 1. The Labute approximate surface area is 180 Å². The van der Waals surface area contributed by atoms with E-state index in [1.54, 1.807) is 17.9 Å². The summed E-state index contributed by atoms with van der Waals surface area (Å²) >= 11 is 0. The first-order valence-corrected chi connectivity index (χ1v) is 11.0. The third-order valence-electron chi connectivity index (χ3n) is 5.73. The molecule has 0 unspecified atom stereocenters. The maximum atomic E-state index is 12.6. The van der Waals surface area contributed by atoms with Crippen molar-refractivity contribution in [3.63, 3.8) is 0 Å². The normalized spacial score (nSPS) is 16.2. The van der Waals surface area contributed by atoms with Crippen LogP contribution < -0.4 is 0 Å². The molecule has 2 heterocycles. The van der Waals surface area contributed by atoms with Crippen LogP contribution in [0.5, 0.6) is 0 Å². The van der Waals surface area contributed by atoms with E-state index in [1.165, 1.54) is 0 Å². The molecule has 6 nitrogen and oxygen atoms in total. The molecule has 0 aromatic carbocycles. The second kappa shape index (κ2) is 11.0. The predicted molar refractivity (Wildman–Crippen MR) is 118 cm³/mol. The Hall–Kier alpha value is -2.55. The van der Waals surface area contributed by atoms with Gasteiger partial charge in [0.15, 0.2) is 6.10 Å². The zero-order valence-corrected chi connectivity index (χ0v) is 19.0. The Kier molecular flexibility index (Phi) is 8.71. The number of nitrogens with zero attached hydrogens (tertiary/aromatic N) is 3. The van der Waals surface area contributed by atoms with Crippen LogP contribution in [0.1, 0.15) is 69.8 Å². The Balaban J connectivity index is 2.10. The standard InChI is InChI=1S/C24H35N3O3/c1-17(2)10-13-27-18(3)14-21(19(27)4)15-22(16-25)24(29)30-20(5)23(28)26-11-8-6-7-9-12-26/h14-15,17,20H,6-13H2,1-5H3/b22-15+/t20-/m1/s1. The van der Waals surface area contributed by atoms with E-state index in [9.17, 15) is 14.9 Å². The highest BCUT2D eigenvalue weighted by Crippen LogP contribution is 2.20. The topological polar surface area (TPSA) is 75.3 Å². The third kappa shape index (κ3) is 6.22. The molecule has 0 aliphatic carbocycles. The first kappa shape index (κ1) is 23.7. The lowest BCUT2D eigenvalue weighted by molar-refractivity contribution is -0.155. The first-order chi connectivity index (χ1) is 14.2. The average molecular weight is 414 g/mol. The van der Waals surface area contributed by atoms with Crippen LogP contribution in [0.2, 0.25) is 0 Å². The van der Waals surface area contributed by atoms with Crippen LogP contribution in [0, 0.1) is 31.1 Å². The molecule has 1 atom stereocenters. The number of rotatable bonds is 7. The summed E-state index contributed by atoms with van der Waals surface area (Å²) in [7, 11) is 0. The maximum Gasteiger partial charge on any atom is 0.349 e. The van der Waals surface area contributed by atoms with Crippen LogP contribution in [-0.2, 0) is 20.9 Å². The highest BCUT2D eigenvalue weighted by molar-refractivity contribution is 5.99. The van der Waals surface area contributed by atoms with Crippen molar-refractivity contribution in [2.45, 2.75) is 79.4 Å². The fourth-order valence-corrected chi connectivity index (χ4v) is 3.82. The molecule has 0 radical (unpaired) electrons. The summed E-state index contributed by atoms with van der Waals surface area (Å²) < 4.78 is 7.57. The molecule has 1 aliphatic heterocycles. The van der Waals surface area contributed by atoms with E-state index in [4.69, 9.17) is 4.74 Å². The van der Waals surface area contributed by atoms with Crippen LogP contribution in [0.4, 0.5) is 0 Å². The molecule has 0 N–H and O–H groups in total. The van der Waals surface area contributed by atoms with E-state index >= 15 is 0 Å². The molecule has 2 rings (SSSR count). The van der Waals surface area contributed by atoms with Gasteiger partial charge in [0, 0.05) is 31.0 Å². The molecule has 1 amide bonds. The average Bonchev–Trinajstić information content (AvgIpc) is 2.88. The van der Waals surface area contributed by atoms with E-state index in [0.29, 0.717) is 19.0 Å². The summed E-state index contributed by atoms with van der Waals surface area (Å²) in [5.74, 6) is -0.340. The van der Waals surface area contributed by atoms with Gasteiger partial charge < -0.3 is 14.2 Å². The number of nitriles is 1. The number of amides is 1. The van der Waals surface area contributed by atoms with Gasteiger partial charge in [0.2, 0.25) is 0 Å². The monoisotopic (exact) mass is 413 g/mol. The fourth-order valence-electron chi connectivity index (χ4n) is 3.82. The molecular weight excluding hydrogens is 378 g/mol. The molecule has 1 aromatic heterocycles. The van der Waals surface area contributed by atoms with Crippen molar-refractivity contribution in [2.24, 2.45) is 5.92 Å². The van der Waals surface area contributed by atoms with Crippen molar-refractivity contribution in [3.05, 3.63) is 28.6 Å². The van der Waals surface area contributed by atoms with E-state index in [2.05, 4.69) is 18.4 Å². The van der Waals surface area contributed by atoms with Crippen molar-refractivity contribution >= 4 is 18.0 Å². The van der Waals surface area contributed by atoms with Gasteiger partial charge >= 0.3 is 5.97 Å². The van der Waals surface area contributed by atoms with Gasteiger partial charge in [-0.2, -0.15) is 5.26 Å². The number of aryl methyl sites for hydroxylation is 1. The molecule has 6 heteroatoms. The number of hydrogen-bond donors (Lipinski definition) is 0. The molecule has 1 saturated heterocycles. The molecular formula is C24H35N3O3. The first-order valence-electron chi connectivity index (χ1n) is 11.0. The molecule has 30 heavy (non-hydrogen) atoms. The molecule has 0 saturated carbocycles. The quantitative estimate of drug-likeness (QED) is 0.377. The summed E-state index contributed by atoms with van der Waals surface area (Å²) in [6, 6.07) is 3.92. The Morgan fingerprint density at radius 2 is 1.80 bits per heavy atom. The summed E-state index contributed by atoms with van der Waals surface area (Å²) in [5, 5.41) is 9.52. The number of carbonyl (C=O) groups is 2.